The lowest BCUT2D eigenvalue weighted by atomic mass is 10.1. The molecule has 0 aliphatic heterocycles. The van der Waals surface area contributed by atoms with Gasteiger partial charge in [0, 0.05) is 16.9 Å². The van der Waals surface area contributed by atoms with Gasteiger partial charge in [0.25, 0.3) is 15.9 Å². The Hall–Kier alpha value is -3.43. The van der Waals surface area contributed by atoms with Crippen molar-refractivity contribution in [2.24, 2.45) is 0 Å². The van der Waals surface area contributed by atoms with Crippen LogP contribution in [0.15, 0.2) is 71.6 Å². The molecule has 3 aromatic rings. The van der Waals surface area contributed by atoms with Crippen molar-refractivity contribution in [1.82, 2.24) is 5.32 Å². The minimum atomic E-state index is -3.75. The van der Waals surface area contributed by atoms with Crippen molar-refractivity contribution in [2.75, 3.05) is 10.0 Å². The molecule has 9 heteroatoms. The van der Waals surface area contributed by atoms with Gasteiger partial charge >= 0.3 is 0 Å². The number of nitrogens with one attached hydrogen (secondary N) is 3. The summed E-state index contributed by atoms with van der Waals surface area (Å²) in [4.78, 5) is 12.6. The van der Waals surface area contributed by atoms with E-state index in [9.17, 15) is 13.2 Å². The SMILES string of the molecule is CCCC(C)Oc1ccc(C(=O)NC(=S)Nc2ccc(S(=O)(=O)Nc3cc(C)cc(C)c3)cc2)cc1. The zero-order chi connectivity index (χ0) is 26.3. The van der Waals surface area contributed by atoms with E-state index in [4.69, 9.17) is 17.0 Å². The van der Waals surface area contributed by atoms with Gasteiger partial charge in [-0.15, -0.1) is 0 Å². The lowest BCUT2D eigenvalue weighted by molar-refractivity contribution is 0.0977. The number of ether oxygens (including phenoxy) is 1. The number of thiocarbonyl (C=S) groups is 1. The van der Waals surface area contributed by atoms with E-state index in [2.05, 4.69) is 22.3 Å². The summed E-state index contributed by atoms with van der Waals surface area (Å²) in [6.07, 6.45) is 2.10. The first-order valence-electron chi connectivity index (χ1n) is 11.7. The lowest BCUT2D eigenvalue weighted by Crippen LogP contribution is -2.34. The number of carbonyl (C=O) groups is 1. The molecule has 0 radical (unpaired) electrons. The van der Waals surface area contributed by atoms with E-state index in [1.807, 2.05) is 26.8 Å². The van der Waals surface area contributed by atoms with Crippen LogP contribution in [0, 0.1) is 13.8 Å². The molecule has 3 aromatic carbocycles. The van der Waals surface area contributed by atoms with E-state index in [-0.39, 0.29) is 22.0 Å². The number of hydrogen-bond acceptors (Lipinski definition) is 5. The van der Waals surface area contributed by atoms with Crippen molar-refractivity contribution in [3.05, 3.63) is 83.4 Å². The first kappa shape index (κ1) is 27.2. The zero-order valence-electron chi connectivity index (χ0n) is 20.8. The predicted molar refractivity (Wildman–Crippen MR) is 148 cm³/mol. The van der Waals surface area contributed by atoms with Crippen molar-refractivity contribution >= 4 is 44.6 Å². The van der Waals surface area contributed by atoms with Crippen molar-refractivity contribution in [1.29, 1.82) is 0 Å². The Morgan fingerprint density at radius 2 is 1.56 bits per heavy atom. The Kier molecular flexibility index (Phi) is 9.06. The van der Waals surface area contributed by atoms with E-state index in [1.54, 1.807) is 48.5 Å². The smallest absolute Gasteiger partial charge is 0.261 e. The molecule has 0 aliphatic carbocycles. The third-order valence-electron chi connectivity index (χ3n) is 5.27. The molecule has 0 aromatic heterocycles. The van der Waals surface area contributed by atoms with Crippen molar-refractivity contribution in [2.45, 2.75) is 51.5 Å². The summed E-state index contributed by atoms with van der Waals surface area (Å²) in [5.74, 6) is 0.341. The summed E-state index contributed by atoms with van der Waals surface area (Å²) in [5.41, 5.74) is 3.42. The number of sulfonamides is 1. The normalized spacial score (nSPS) is 11.9. The molecule has 0 saturated carbocycles. The highest BCUT2D eigenvalue weighted by molar-refractivity contribution is 7.92. The molecule has 1 atom stereocenters. The highest BCUT2D eigenvalue weighted by Gasteiger charge is 2.15. The maximum atomic E-state index is 12.8. The topological polar surface area (TPSA) is 96.5 Å². The Morgan fingerprint density at radius 1 is 0.944 bits per heavy atom. The number of rotatable bonds is 9. The number of amides is 1. The molecule has 0 spiro atoms. The summed E-state index contributed by atoms with van der Waals surface area (Å²) in [6.45, 7) is 7.93. The van der Waals surface area contributed by atoms with Crippen LogP contribution in [-0.2, 0) is 10.0 Å². The molecule has 0 fully saturated rings. The fourth-order valence-corrected chi connectivity index (χ4v) is 4.94. The van der Waals surface area contributed by atoms with Gasteiger partial charge in [-0.05, 0) is 111 Å². The molecular formula is C27H31N3O4S2. The van der Waals surface area contributed by atoms with E-state index in [1.165, 1.54) is 12.1 Å². The third-order valence-corrected chi connectivity index (χ3v) is 6.87. The minimum absolute atomic E-state index is 0.0980. The molecule has 0 aliphatic rings. The highest BCUT2D eigenvalue weighted by Crippen LogP contribution is 2.21. The fourth-order valence-electron chi connectivity index (χ4n) is 3.69. The molecule has 0 bridgehead atoms. The third kappa shape index (κ3) is 7.79. The van der Waals surface area contributed by atoms with Gasteiger partial charge in [-0.3, -0.25) is 14.8 Å². The maximum Gasteiger partial charge on any atom is 0.261 e. The second kappa shape index (κ2) is 12.0. The molecule has 190 valence electrons. The van der Waals surface area contributed by atoms with Crippen LogP contribution in [0.25, 0.3) is 0 Å². The first-order valence-corrected chi connectivity index (χ1v) is 13.5. The van der Waals surface area contributed by atoms with Gasteiger partial charge in [-0.25, -0.2) is 8.42 Å². The van der Waals surface area contributed by atoms with Gasteiger partial charge in [0.1, 0.15) is 5.75 Å². The van der Waals surface area contributed by atoms with Crippen LogP contribution in [0.4, 0.5) is 11.4 Å². The molecular weight excluding hydrogens is 494 g/mol. The summed E-state index contributed by atoms with van der Waals surface area (Å²) in [6, 6.07) is 18.5. The van der Waals surface area contributed by atoms with Crippen LogP contribution in [0.5, 0.6) is 5.75 Å². The van der Waals surface area contributed by atoms with E-state index < -0.39 is 10.0 Å². The van der Waals surface area contributed by atoms with Crippen LogP contribution in [-0.4, -0.2) is 25.5 Å². The second-order valence-corrected chi connectivity index (χ2v) is 10.7. The second-order valence-electron chi connectivity index (χ2n) is 8.66. The molecule has 3 N–H and O–H groups in total. The molecule has 0 saturated heterocycles. The van der Waals surface area contributed by atoms with Crippen molar-refractivity contribution in [3.8, 4) is 5.75 Å². The Bertz CT molecular complexity index is 1300. The van der Waals surface area contributed by atoms with Gasteiger partial charge in [-0.1, -0.05) is 19.4 Å². The number of benzene rings is 3. The molecule has 1 unspecified atom stereocenters. The molecule has 1 amide bonds. The summed E-state index contributed by atoms with van der Waals surface area (Å²) >= 11 is 5.24. The monoisotopic (exact) mass is 525 g/mol. The quantitative estimate of drug-likeness (QED) is 0.306. The molecule has 0 heterocycles. The van der Waals surface area contributed by atoms with Crippen LogP contribution >= 0.6 is 12.2 Å². The summed E-state index contributed by atoms with van der Waals surface area (Å²) in [7, 11) is -3.75. The van der Waals surface area contributed by atoms with Crippen LogP contribution < -0.4 is 20.1 Å². The average molecular weight is 526 g/mol. The zero-order valence-corrected chi connectivity index (χ0v) is 22.4. The molecule has 7 nitrogen and oxygen atoms in total. The Labute approximate surface area is 218 Å². The van der Waals surface area contributed by atoms with Gasteiger partial charge in [0.2, 0.25) is 0 Å². The number of hydrogen-bond donors (Lipinski definition) is 3. The van der Waals surface area contributed by atoms with Gasteiger partial charge in [-0.2, -0.15) is 0 Å². The van der Waals surface area contributed by atoms with E-state index in [0.29, 0.717) is 22.7 Å². The number of aryl methyl sites for hydroxylation is 2. The summed E-state index contributed by atoms with van der Waals surface area (Å²) in [5, 5.41) is 5.62. The Balaban J connectivity index is 1.57. The van der Waals surface area contributed by atoms with E-state index >= 15 is 0 Å². The largest absolute Gasteiger partial charge is 0.491 e. The first-order chi connectivity index (χ1) is 17.1. The van der Waals surface area contributed by atoms with Crippen LogP contribution in [0.3, 0.4) is 0 Å². The average Bonchev–Trinajstić information content (AvgIpc) is 2.79. The maximum absolute atomic E-state index is 12.8. The molecule has 3 rings (SSSR count). The van der Waals surface area contributed by atoms with Gasteiger partial charge in [0.05, 0.1) is 11.0 Å². The lowest BCUT2D eigenvalue weighted by Gasteiger charge is -2.14. The Morgan fingerprint density at radius 3 is 2.14 bits per heavy atom. The standard InChI is InChI=1S/C27H31N3O4S2/c1-5-6-20(4)34-24-11-7-21(8-12-24)26(31)29-27(35)28-22-9-13-25(14-10-22)36(32,33)30-23-16-18(2)15-19(3)17-23/h7-17,20,30H,5-6H2,1-4H3,(H2,28,29,31,35). The van der Waals surface area contributed by atoms with Crippen molar-refractivity contribution in [3.63, 3.8) is 0 Å². The number of anilines is 2. The van der Waals surface area contributed by atoms with Crippen molar-refractivity contribution < 1.29 is 17.9 Å². The van der Waals surface area contributed by atoms with Crippen LogP contribution in [0.1, 0.15) is 48.2 Å². The molecule has 36 heavy (non-hydrogen) atoms. The van der Waals surface area contributed by atoms with Gasteiger partial charge < -0.3 is 10.1 Å². The van der Waals surface area contributed by atoms with Crippen LogP contribution in [0.2, 0.25) is 0 Å². The highest BCUT2D eigenvalue weighted by atomic mass is 32.2. The fraction of sp³-hybridized carbons (Fsp3) is 0.259. The predicted octanol–water partition coefficient (Wildman–Crippen LogP) is 5.80. The number of carbonyl (C=O) groups excluding carboxylic acids is 1. The summed E-state index contributed by atoms with van der Waals surface area (Å²) < 4.78 is 33.9. The minimum Gasteiger partial charge on any atom is -0.491 e. The van der Waals surface area contributed by atoms with E-state index in [0.717, 1.165) is 24.0 Å². The van der Waals surface area contributed by atoms with Gasteiger partial charge in [0.15, 0.2) is 5.11 Å².